The third-order valence-corrected chi connectivity index (χ3v) is 6.57. The zero-order valence-electron chi connectivity index (χ0n) is 17.7. The summed E-state index contributed by atoms with van der Waals surface area (Å²) in [6, 6.07) is 6.82. The van der Waals surface area contributed by atoms with Gasteiger partial charge in [-0.15, -0.1) is 0 Å². The molecule has 2 aromatic rings. The first-order chi connectivity index (χ1) is 14.6. The van der Waals surface area contributed by atoms with Gasteiger partial charge in [0.1, 0.15) is 12.4 Å². The van der Waals surface area contributed by atoms with Crippen LogP contribution in [-0.4, -0.2) is 28.0 Å². The number of amides is 1. The smallest absolute Gasteiger partial charge is 0.276 e. The van der Waals surface area contributed by atoms with Crippen LogP contribution in [0.1, 0.15) is 86.0 Å². The number of hydrogen-bond donors (Lipinski definition) is 0. The second kappa shape index (κ2) is 9.63. The fourth-order valence-electron chi connectivity index (χ4n) is 4.91. The summed E-state index contributed by atoms with van der Waals surface area (Å²) in [5.41, 5.74) is 0.930. The van der Waals surface area contributed by atoms with Crippen LogP contribution >= 0.6 is 0 Å². The number of ether oxygens (including phenoxy) is 1. The highest BCUT2D eigenvalue weighted by Gasteiger charge is 2.36. The van der Waals surface area contributed by atoms with Crippen LogP contribution in [0.25, 0.3) is 0 Å². The van der Waals surface area contributed by atoms with Crippen LogP contribution in [-0.2, 0) is 6.61 Å². The highest BCUT2D eigenvalue weighted by molar-refractivity contribution is 5.94. The molecule has 0 N–H and O–H groups in total. The molecular weight excluding hydrogens is 383 g/mol. The molecule has 4 rings (SSSR count). The summed E-state index contributed by atoms with van der Waals surface area (Å²) in [5, 5.41) is 4.12. The Morgan fingerprint density at radius 2 is 1.67 bits per heavy atom. The van der Waals surface area contributed by atoms with Crippen LogP contribution in [0.15, 0.2) is 28.8 Å². The third-order valence-electron chi connectivity index (χ3n) is 6.57. The third kappa shape index (κ3) is 4.52. The van der Waals surface area contributed by atoms with Crippen molar-refractivity contribution in [3.8, 4) is 5.75 Å². The maximum atomic E-state index is 14.0. The number of halogens is 1. The van der Waals surface area contributed by atoms with Gasteiger partial charge < -0.3 is 14.2 Å². The fraction of sp³-hybridized carbons (Fsp3) is 0.583. The number of para-hydroxylation sites is 1. The first-order valence-electron chi connectivity index (χ1n) is 11.3. The lowest BCUT2D eigenvalue weighted by atomic mass is 9.88. The van der Waals surface area contributed by atoms with Crippen LogP contribution in [0.5, 0.6) is 5.75 Å². The van der Waals surface area contributed by atoms with Gasteiger partial charge in [-0.25, -0.2) is 4.39 Å². The molecule has 1 heterocycles. The van der Waals surface area contributed by atoms with Gasteiger partial charge in [0.2, 0.25) is 0 Å². The SMILES string of the molecule is Cc1onc(C(=O)N(C2CCCCC2)C2CCCCC2)c1COc1ccccc1F. The monoisotopic (exact) mass is 414 g/mol. The fourth-order valence-corrected chi connectivity index (χ4v) is 4.91. The number of hydrogen-bond acceptors (Lipinski definition) is 4. The highest BCUT2D eigenvalue weighted by Crippen LogP contribution is 2.32. The molecule has 2 fully saturated rings. The topological polar surface area (TPSA) is 55.6 Å². The Bertz CT molecular complexity index is 836. The lowest BCUT2D eigenvalue weighted by Crippen LogP contribution is -2.49. The molecule has 2 aliphatic rings. The van der Waals surface area contributed by atoms with Gasteiger partial charge in [0.25, 0.3) is 5.91 Å². The predicted octanol–water partition coefficient (Wildman–Crippen LogP) is 5.81. The van der Waals surface area contributed by atoms with Crippen LogP contribution in [0.3, 0.4) is 0 Å². The van der Waals surface area contributed by atoms with E-state index in [1.165, 1.54) is 44.6 Å². The number of carbonyl (C=O) groups excluding carboxylic acids is 1. The van der Waals surface area contributed by atoms with Crippen molar-refractivity contribution in [1.82, 2.24) is 10.1 Å². The predicted molar refractivity (Wildman–Crippen MR) is 112 cm³/mol. The summed E-state index contributed by atoms with van der Waals surface area (Å²) in [4.78, 5) is 15.8. The quantitative estimate of drug-likeness (QED) is 0.599. The molecule has 1 aromatic heterocycles. The lowest BCUT2D eigenvalue weighted by Gasteiger charge is -2.41. The zero-order chi connectivity index (χ0) is 20.9. The van der Waals surface area contributed by atoms with Crippen LogP contribution < -0.4 is 4.74 Å². The first-order valence-corrected chi connectivity index (χ1v) is 11.3. The Hall–Kier alpha value is -2.37. The van der Waals surface area contributed by atoms with E-state index in [0.717, 1.165) is 25.7 Å². The van der Waals surface area contributed by atoms with Gasteiger partial charge in [-0.2, -0.15) is 0 Å². The van der Waals surface area contributed by atoms with Gasteiger partial charge in [0.05, 0.1) is 5.56 Å². The van der Waals surface area contributed by atoms with E-state index >= 15 is 0 Å². The summed E-state index contributed by atoms with van der Waals surface area (Å²) < 4.78 is 25.0. The Morgan fingerprint density at radius 3 is 2.27 bits per heavy atom. The van der Waals surface area contributed by atoms with Crippen molar-refractivity contribution in [2.24, 2.45) is 0 Å². The van der Waals surface area contributed by atoms with Gasteiger partial charge in [0, 0.05) is 12.1 Å². The molecule has 0 spiro atoms. The molecule has 0 aliphatic heterocycles. The minimum absolute atomic E-state index is 0.0561. The number of carbonyl (C=O) groups is 1. The molecule has 2 saturated carbocycles. The van der Waals surface area contributed by atoms with Crippen LogP contribution in [0.4, 0.5) is 4.39 Å². The molecule has 0 atom stereocenters. The van der Waals surface area contributed by atoms with Gasteiger partial charge in [-0.1, -0.05) is 55.8 Å². The van der Waals surface area contributed by atoms with Crippen molar-refractivity contribution in [3.05, 3.63) is 47.1 Å². The molecule has 1 aromatic carbocycles. The summed E-state index contributed by atoms with van der Waals surface area (Å²) in [5.74, 6) is 0.221. The van der Waals surface area contributed by atoms with Crippen molar-refractivity contribution >= 4 is 5.91 Å². The van der Waals surface area contributed by atoms with Gasteiger partial charge in [-0.05, 0) is 44.7 Å². The molecule has 30 heavy (non-hydrogen) atoms. The summed E-state index contributed by atoms with van der Waals surface area (Å²) >= 11 is 0. The molecule has 0 radical (unpaired) electrons. The van der Waals surface area contributed by atoms with Crippen molar-refractivity contribution in [2.45, 2.75) is 89.8 Å². The minimum atomic E-state index is -0.425. The number of rotatable bonds is 6. The average Bonchev–Trinajstić information content (AvgIpc) is 3.15. The summed E-state index contributed by atoms with van der Waals surface area (Å²) in [6.07, 6.45) is 11.4. The highest BCUT2D eigenvalue weighted by atomic mass is 19.1. The molecule has 6 heteroatoms. The molecule has 1 amide bonds. The summed E-state index contributed by atoms with van der Waals surface area (Å²) in [7, 11) is 0. The van der Waals surface area contributed by atoms with Crippen molar-refractivity contribution in [2.75, 3.05) is 0 Å². The van der Waals surface area contributed by atoms with Gasteiger partial charge in [-0.3, -0.25) is 4.79 Å². The van der Waals surface area contributed by atoms with Crippen molar-refractivity contribution in [3.63, 3.8) is 0 Å². The van der Waals surface area contributed by atoms with E-state index in [9.17, 15) is 9.18 Å². The van der Waals surface area contributed by atoms with E-state index in [4.69, 9.17) is 9.26 Å². The van der Waals surface area contributed by atoms with E-state index in [1.807, 2.05) is 0 Å². The largest absolute Gasteiger partial charge is 0.486 e. The van der Waals surface area contributed by atoms with E-state index in [1.54, 1.807) is 25.1 Å². The molecule has 0 bridgehead atoms. The number of aryl methyl sites for hydroxylation is 1. The van der Waals surface area contributed by atoms with E-state index in [2.05, 4.69) is 10.1 Å². The number of benzene rings is 1. The molecule has 162 valence electrons. The molecule has 2 aliphatic carbocycles. The van der Waals surface area contributed by atoms with E-state index < -0.39 is 5.82 Å². The standard InChI is InChI=1S/C24H31FN2O3/c1-17-20(16-29-22-15-9-8-14-21(22)25)23(26-30-17)24(28)27(18-10-4-2-5-11-18)19-12-6-3-7-13-19/h8-9,14-15,18-19H,2-7,10-13,16H2,1H3. The molecule has 5 nitrogen and oxygen atoms in total. The van der Waals surface area contributed by atoms with E-state index in [-0.39, 0.29) is 30.3 Å². The van der Waals surface area contributed by atoms with Gasteiger partial charge >= 0.3 is 0 Å². The maximum absolute atomic E-state index is 14.0. The first kappa shape index (κ1) is 20.9. The second-order valence-corrected chi connectivity index (χ2v) is 8.58. The van der Waals surface area contributed by atoms with Crippen LogP contribution in [0, 0.1) is 12.7 Å². The number of aromatic nitrogens is 1. The summed E-state index contributed by atoms with van der Waals surface area (Å²) in [6.45, 7) is 1.83. The Kier molecular flexibility index (Phi) is 6.70. The molecule has 0 saturated heterocycles. The molecule has 0 unspecified atom stereocenters. The average molecular weight is 415 g/mol. The second-order valence-electron chi connectivity index (χ2n) is 8.58. The van der Waals surface area contributed by atoms with E-state index in [0.29, 0.717) is 17.0 Å². The van der Waals surface area contributed by atoms with Crippen molar-refractivity contribution < 1.29 is 18.4 Å². The Balaban J connectivity index is 1.57. The Labute approximate surface area is 177 Å². The maximum Gasteiger partial charge on any atom is 0.276 e. The normalized spacial score (nSPS) is 18.3. The molecular formula is C24H31FN2O3. The minimum Gasteiger partial charge on any atom is -0.486 e. The zero-order valence-corrected chi connectivity index (χ0v) is 17.7. The van der Waals surface area contributed by atoms with Crippen molar-refractivity contribution in [1.29, 1.82) is 0 Å². The van der Waals surface area contributed by atoms with Gasteiger partial charge in [0.15, 0.2) is 17.3 Å². The Morgan fingerprint density at radius 1 is 1.07 bits per heavy atom. The number of nitrogens with zero attached hydrogens (tertiary/aromatic N) is 2. The lowest BCUT2D eigenvalue weighted by molar-refractivity contribution is 0.0436. The van der Waals surface area contributed by atoms with Crippen LogP contribution in [0.2, 0.25) is 0 Å².